The summed E-state index contributed by atoms with van der Waals surface area (Å²) >= 11 is 0. The quantitative estimate of drug-likeness (QED) is 0.363. The number of fused-ring (bicyclic) bond motifs is 1. The van der Waals surface area contributed by atoms with Crippen molar-refractivity contribution in [2.24, 2.45) is 11.8 Å². The van der Waals surface area contributed by atoms with Crippen LogP contribution in [0, 0.1) is 11.8 Å². The van der Waals surface area contributed by atoms with Gasteiger partial charge in [0.05, 0.1) is 6.04 Å². The zero-order chi connectivity index (χ0) is 26.5. The normalized spacial score (nSPS) is 17.6. The molecule has 0 spiro atoms. The number of Topliss-reactive ketones (excluding diaryl/α,β-unsaturated/α-hetero) is 1. The number of carbonyl (C=O) groups is 4. The molecule has 3 amide bonds. The summed E-state index contributed by atoms with van der Waals surface area (Å²) in [6, 6.07) is 0.766. The molecule has 1 fully saturated rings. The molecule has 2 aromatic heterocycles. The van der Waals surface area contributed by atoms with Crippen LogP contribution in [0.15, 0.2) is 24.5 Å². The van der Waals surface area contributed by atoms with Gasteiger partial charge < -0.3 is 20.9 Å². The standard InChI is InChI=1S/C23H28F3N5O5/c1-12(2)7-17(31-22(35)18-9-14-10-27-5-4-15(14)29-18)21(34)30-16(8-13-3-6-28-20(13)33)19(32)11-36-23(24,25)26/h4-5,9-10,12-13,16-17,29H,3,6-8,11H2,1-2H3,(H,28,33)(H,30,34)(H,31,35)/t13-,16-,17-/m0/s1. The highest BCUT2D eigenvalue weighted by molar-refractivity contribution is 6.00. The van der Waals surface area contributed by atoms with Gasteiger partial charge in [0.1, 0.15) is 18.3 Å². The molecule has 0 radical (unpaired) electrons. The van der Waals surface area contributed by atoms with Crippen LogP contribution in [-0.4, -0.2) is 65.1 Å². The Bertz CT molecular complexity index is 1080. The zero-order valence-electron chi connectivity index (χ0n) is 19.8. The fraction of sp³-hybridized carbons (Fsp3) is 0.522. The van der Waals surface area contributed by atoms with Crippen molar-refractivity contribution in [2.75, 3.05) is 13.2 Å². The second kappa shape index (κ2) is 11.5. The molecule has 2 aromatic rings. The van der Waals surface area contributed by atoms with E-state index in [1.54, 1.807) is 24.5 Å². The maximum Gasteiger partial charge on any atom is 0.522 e. The van der Waals surface area contributed by atoms with E-state index in [-0.39, 0.29) is 30.4 Å². The minimum absolute atomic E-state index is 0.0451. The van der Waals surface area contributed by atoms with Crippen LogP contribution in [-0.2, 0) is 19.1 Å². The smallest absolute Gasteiger partial charge is 0.356 e. The highest BCUT2D eigenvalue weighted by Gasteiger charge is 2.36. The zero-order valence-corrected chi connectivity index (χ0v) is 19.8. The lowest BCUT2D eigenvalue weighted by atomic mass is 9.95. The maximum absolute atomic E-state index is 13.1. The van der Waals surface area contributed by atoms with Crippen LogP contribution in [0.25, 0.3) is 10.9 Å². The number of nitrogens with one attached hydrogen (secondary N) is 4. The molecule has 10 nitrogen and oxygen atoms in total. The number of hydrogen-bond acceptors (Lipinski definition) is 6. The summed E-state index contributed by atoms with van der Waals surface area (Å²) in [7, 11) is 0. The summed E-state index contributed by atoms with van der Waals surface area (Å²) in [4.78, 5) is 57.4. The van der Waals surface area contributed by atoms with Gasteiger partial charge in [-0.05, 0) is 37.3 Å². The maximum atomic E-state index is 13.1. The van der Waals surface area contributed by atoms with E-state index in [0.717, 1.165) is 0 Å². The fourth-order valence-corrected chi connectivity index (χ4v) is 3.98. The van der Waals surface area contributed by atoms with Gasteiger partial charge in [-0.15, -0.1) is 13.2 Å². The third kappa shape index (κ3) is 7.51. The van der Waals surface area contributed by atoms with Gasteiger partial charge in [0.15, 0.2) is 5.78 Å². The molecule has 1 aliphatic rings. The van der Waals surface area contributed by atoms with Crippen LogP contribution in [0.1, 0.15) is 43.6 Å². The van der Waals surface area contributed by atoms with Gasteiger partial charge in [-0.3, -0.25) is 28.9 Å². The van der Waals surface area contributed by atoms with E-state index >= 15 is 0 Å². The Balaban J connectivity index is 1.74. The van der Waals surface area contributed by atoms with Gasteiger partial charge in [-0.1, -0.05) is 13.8 Å². The minimum atomic E-state index is -5.03. The van der Waals surface area contributed by atoms with Crippen LogP contribution in [0.3, 0.4) is 0 Å². The number of nitrogens with zero attached hydrogens (tertiary/aromatic N) is 1. The Kier molecular flexibility index (Phi) is 8.66. The lowest BCUT2D eigenvalue weighted by molar-refractivity contribution is -0.321. The number of hydrogen-bond donors (Lipinski definition) is 4. The molecule has 1 saturated heterocycles. The van der Waals surface area contributed by atoms with Crippen LogP contribution in [0.5, 0.6) is 0 Å². The molecular formula is C23H28F3N5O5. The molecule has 3 heterocycles. The molecule has 13 heteroatoms. The molecule has 36 heavy (non-hydrogen) atoms. The van der Waals surface area contributed by atoms with Crippen LogP contribution in [0.2, 0.25) is 0 Å². The van der Waals surface area contributed by atoms with Crippen molar-refractivity contribution in [1.82, 2.24) is 25.9 Å². The Hall–Kier alpha value is -3.48. The highest BCUT2D eigenvalue weighted by Crippen LogP contribution is 2.20. The summed E-state index contributed by atoms with van der Waals surface area (Å²) in [6.45, 7) is 2.70. The molecule has 1 aliphatic heterocycles. The first-order valence-corrected chi connectivity index (χ1v) is 11.5. The average molecular weight is 512 g/mol. The fourth-order valence-electron chi connectivity index (χ4n) is 3.98. The SMILES string of the molecule is CC(C)C[C@H](NC(=O)c1cc2cnccc2[nH]1)C(=O)N[C@@H](C[C@@H]1CCNC1=O)C(=O)COC(F)(F)F. The number of ether oxygens (including phenoxy) is 1. The molecule has 3 atom stereocenters. The number of aromatic amines is 1. The molecule has 0 saturated carbocycles. The molecule has 0 bridgehead atoms. The van der Waals surface area contributed by atoms with E-state index in [1.165, 1.54) is 0 Å². The Labute approximate surface area is 204 Å². The Morgan fingerprint density at radius 2 is 1.97 bits per heavy atom. The van der Waals surface area contributed by atoms with Crippen LogP contribution < -0.4 is 16.0 Å². The van der Waals surface area contributed by atoms with Crippen molar-refractivity contribution in [1.29, 1.82) is 0 Å². The highest BCUT2D eigenvalue weighted by atomic mass is 19.4. The third-order valence-corrected chi connectivity index (χ3v) is 5.76. The van der Waals surface area contributed by atoms with Gasteiger partial charge in [0.25, 0.3) is 5.91 Å². The topological polar surface area (TPSA) is 142 Å². The largest absolute Gasteiger partial charge is 0.522 e. The third-order valence-electron chi connectivity index (χ3n) is 5.76. The molecular weight excluding hydrogens is 483 g/mol. The minimum Gasteiger partial charge on any atom is -0.356 e. The van der Waals surface area contributed by atoms with Crippen molar-refractivity contribution >= 4 is 34.4 Å². The number of ketones is 1. The van der Waals surface area contributed by atoms with Crippen LogP contribution >= 0.6 is 0 Å². The Morgan fingerprint density at radius 1 is 1.22 bits per heavy atom. The van der Waals surface area contributed by atoms with E-state index in [2.05, 4.69) is 30.7 Å². The van der Waals surface area contributed by atoms with Gasteiger partial charge in [-0.25, -0.2) is 0 Å². The second-order valence-corrected chi connectivity index (χ2v) is 9.08. The molecule has 0 unspecified atom stereocenters. The average Bonchev–Trinajstić information content (AvgIpc) is 3.41. The van der Waals surface area contributed by atoms with Crippen molar-refractivity contribution < 1.29 is 37.1 Å². The number of aromatic nitrogens is 2. The first-order chi connectivity index (χ1) is 16.9. The van der Waals surface area contributed by atoms with E-state index in [4.69, 9.17) is 0 Å². The van der Waals surface area contributed by atoms with E-state index in [0.29, 0.717) is 23.9 Å². The molecule has 0 aromatic carbocycles. The van der Waals surface area contributed by atoms with Crippen molar-refractivity contribution in [3.8, 4) is 0 Å². The number of pyridine rings is 1. The van der Waals surface area contributed by atoms with E-state index in [9.17, 15) is 32.3 Å². The number of amides is 3. The molecule has 4 N–H and O–H groups in total. The van der Waals surface area contributed by atoms with Gasteiger partial charge in [-0.2, -0.15) is 0 Å². The predicted octanol–water partition coefficient (Wildman–Crippen LogP) is 1.82. The molecule has 3 rings (SSSR count). The summed E-state index contributed by atoms with van der Waals surface area (Å²) in [5.74, 6) is -3.40. The van der Waals surface area contributed by atoms with E-state index in [1.807, 2.05) is 13.8 Å². The monoisotopic (exact) mass is 511 g/mol. The number of carbonyl (C=O) groups excluding carboxylic acids is 4. The lowest BCUT2D eigenvalue weighted by Gasteiger charge is -2.25. The molecule has 196 valence electrons. The van der Waals surface area contributed by atoms with Crippen molar-refractivity contribution in [2.45, 2.75) is 51.6 Å². The van der Waals surface area contributed by atoms with Gasteiger partial charge in [0, 0.05) is 35.8 Å². The first-order valence-electron chi connectivity index (χ1n) is 11.5. The lowest BCUT2D eigenvalue weighted by Crippen LogP contribution is -2.53. The predicted molar refractivity (Wildman–Crippen MR) is 121 cm³/mol. The van der Waals surface area contributed by atoms with Gasteiger partial charge in [0.2, 0.25) is 11.8 Å². The summed E-state index contributed by atoms with van der Waals surface area (Å²) in [6.07, 6.45) is -1.52. The van der Waals surface area contributed by atoms with E-state index < -0.39 is 48.6 Å². The second-order valence-electron chi connectivity index (χ2n) is 9.08. The number of halogens is 3. The summed E-state index contributed by atoms with van der Waals surface area (Å²) in [5.41, 5.74) is 0.860. The van der Waals surface area contributed by atoms with Gasteiger partial charge >= 0.3 is 6.36 Å². The number of H-pyrrole nitrogens is 1. The number of rotatable bonds is 11. The Morgan fingerprint density at radius 3 is 2.58 bits per heavy atom. The summed E-state index contributed by atoms with van der Waals surface area (Å²) in [5, 5.41) is 8.34. The van der Waals surface area contributed by atoms with Crippen molar-refractivity contribution in [3.63, 3.8) is 0 Å². The molecule has 0 aliphatic carbocycles. The number of alkyl halides is 3. The van der Waals surface area contributed by atoms with Crippen molar-refractivity contribution in [3.05, 3.63) is 30.2 Å². The van der Waals surface area contributed by atoms with Crippen LogP contribution in [0.4, 0.5) is 13.2 Å². The first kappa shape index (κ1) is 27.1. The summed E-state index contributed by atoms with van der Waals surface area (Å²) < 4.78 is 41.1.